The van der Waals surface area contributed by atoms with Crippen LogP contribution in [0.1, 0.15) is 38.1 Å². The number of carbonyl (C=O) groups is 2. The van der Waals surface area contributed by atoms with Crippen LogP contribution in [-0.2, 0) is 9.53 Å². The maximum absolute atomic E-state index is 13.1. The predicted molar refractivity (Wildman–Crippen MR) is 129 cm³/mol. The number of piperazine rings is 1. The lowest BCUT2D eigenvalue weighted by Crippen LogP contribution is -2.48. The van der Waals surface area contributed by atoms with Crippen LogP contribution in [-0.4, -0.2) is 59.6 Å². The van der Waals surface area contributed by atoms with Crippen LogP contribution in [0.2, 0.25) is 0 Å². The first-order chi connectivity index (χ1) is 15.7. The van der Waals surface area contributed by atoms with E-state index in [0.717, 1.165) is 29.7 Å². The van der Waals surface area contributed by atoms with Gasteiger partial charge in [0.1, 0.15) is 5.75 Å². The van der Waals surface area contributed by atoms with Gasteiger partial charge in [-0.25, -0.2) is 4.79 Å². The molecule has 3 aromatic rings. The molecule has 1 fully saturated rings. The van der Waals surface area contributed by atoms with Crippen molar-refractivity contribution in [2.75, 3.05) is 31.1 Å². The van der Waals surface area contributed by atoms with Crippen LogP contribution in [0.15, 0.2) is 54.7 Å². The monoisotopic (exact) mass is 449 g/mol. The summed E-state index contributed by atoms with van der Waals surface area (Å²) in [6.45, 7) is 9.76. The molecule has 174 valence electrons. The highest BCUT2D eigenvalue weighted by atomic mass is 16.6. The van der Waals surface area contributed by atoms with Gasteiger partial charge in [-0.3, -0.25) is 4.79 Å². The number of nitrogens with one attached hydrogen (secondary N) is 1. The van der Waals surface area contributed by atoms with E-state index in [9.17, 15) is 9.59 Å². The molecule has 1 aliphatic rings. The quantitative estimate of drug-likeness (QED) is 0.570. The minimum atomic E-state index is -1.09. The normalized spacial score (nSPS) is 14.6. The molecule has 33 heavy (non-hydrogen) atoms. The Balaban J connectivity index is 1.40. The van der Waals surface area contributed by atoms with Crippen molar-refractivity contribution in [3.8, 4) is 5.75 Å². The molecule has 0 unspecified atom stereocenters. The number of aromatic amines is 1. The lowest BCUT2D eigenvalue weighted by atomic mass is 10.1. The average Bonchev–Trinajstić information content (AvgIpc) is 3.22. The molecular formula is C26H31N3O4. The third kappa shape index (κ3) is 4.97. The van der Waals surface area contributed by atoms with E-state index in [2.05, 4.69) is 9.88 Å². The van der Waals surface area contributed by atoms with Gasteiger partial charge in [0.25, 0.3) is 5.91 Å². The van der Waals surface area contributed by atoms with Crippen molar-refractivity contribution in [1.29, 1.82) is 0 Å². The number of amides is 1. The van der Waals surface area contributed by atoms with Gasteiger partial charge < -0.3 is 24.3 Å². The fourth-order valence-corrected chi connectivity index (χ4v) is 4.02. The molecule has 0 bridgehead atoms. The molecule has 1 aromatic heterocycles. The second-order valence-electron chi connectivity index (χ2n) is 9.09. The summed E-state index contributed by atoms with van der Waals surface area (Å²) >= 11 is 0. The second kappa shape index (κ2) is 9.17. The molecule has 0 spiro atoms. The summed E-state index contributed by atoms with van der Waals surface area (Å²) in [5, 5.41) is 0.952. The second-order valence-corrected chi connectivity index (χ2v) is 9.09. The zero-order chi connectivity index (χ0) is 23.6. The SMILES string of the molecule is CC(C)OC(=O)C(C)(C)Oc1cccc(N2CCN(C(=O)c3c[nH]c4ccccc34)CC2)c1. The summed E-state index contributed by atoms with van der Waals surface area (Å²) in [7, 11) is 0. The third-order valence-corrected chi connectivity index (χ3v) is 5.78. The summed E-state index contributed by atoms with van der Waals surface area (Å²) in [6.07, 6.45) is 1.60. The Morgan fingerprint density at radius 3 is 2.45 bits per heavy atom. The first kappa shape index (κ1) is 22.7. The predicted octanol–water partition coefficient (Wildman–Crippen LogP) is 4.24. The van der Waals surface area contributed by atoms with E-state index in [1.54, 1.807) is 20.0 Å². The third-order valence-electron chi connectivity index (χ3n) is 5.78. The van der Waals surface area contributed by atoms with Gasteiger partial charge in [-0.15, -0.1) is 0 Å². The highest BCUT2D eigenvalue weighted by molar-refractivity contribution is 6.06. The van der Waals surface area contributed by atoms with E-state index in [4.69, 9.17) is 9.47 Å². The number of ether oxygens (including phenoxy) is 2. The number of aromatic nitrogens is 1. The summed E-state index contributed by atoms with van der Waals surface area (Å²) in [5.74, 6) is 0.261. The van der Waals surface area contributed by atoms with E-state index in [-0.39, 0.29) is 12.0 Å². The summed E-state index contributed by atoms with van der Waals surface area (Å²) in [4.78, 5) is 32.7. The van der Waals surface area contributed by atoms with Crippen LogP contribution in [0.4, 0.5) is 5.69 Å². The zero-order valence-corrected chi connectivity index (χ0v) is 19.6. The van der Waals surface area contributed by atoms with Crippen LogP contribution in [0.5, 0.6) is 5.75 Å². The van der Waals surface area contributed by atoms with Crippen molar-refractivity contribution < 1.29 is 19.1 Å². The maximum Gasteiger partial charge on any atom is 0.350 e. The molecule has 2 heterocycles. The van der Waals surface area contributed by atoms with Gasteiger partial charge >= 0.3 is 5.97 Å². The summed E-state index contributed by atoms with van der Waals surface area (Å²) in [6, 6.07) is 15.6. The number of fused-ring (bicyclic) bond motifs is 1. The fraction of sp³-hybridized carbons (Fsp3) is 0.385. The molecule has 0 atom stereocenters. The van der Waals surface area contributed by atoms with E-state index >= 15 is 0 Å². The Morgan fingerprint density at radius 1 is 1.00 bits per heavy atom. The fourth-order valence-electron chi connectivity index (χ4n) is 4.02. The number of benzene rings is 2. The van der Waals surface area contributed by atoms with E-state index in [1.165, 1.54) is 0 Å². The Hall–Kier alpha value is -3.48. The number of hydrogen-bond acceptors (Lipinski definition) is 5. The van der Waals surface area contributed by atoms with Crippen molar-refractivity contribution in [3.05, 3.63) is 60.3 Å². The highest BCUT2D eigenvalue weighted by Gasteiger charge is 2.33. The first-order valence-corrected chi connectivity index (χ1v) is 11.3. The van der Waals surface area contributed by atoms with Gasteiger partial charge in [0.2, 0.25) is 0 Å². The van der Waals surface area contributed by atoms with E-state index in [1.807, 2.05) is 67.3 Å². The summed E-state index contributed by atoms with van der Waals surface area (Å²) in [5.41, 5.74) is 1.59. The van der Waals surface area contributed by atoms with Crippen LogP contribution in [0.25, 0.3) is 10.9 Å². The first-order valence-electron chi connectivity index (χ1n) is 11.3. The lowest BCUT2D eigenvalue weighted by Gasteiger charge is -2.36. The average molecular weight is 450 g/mol. The van der Waals surface area contributed by atoms with Crippen LogP contribution in [0.3, 0.4) is 0 Å². The number of hydrogen-bond donors (Lipinski definition) is 1. The molecule has 1 saturated heterocycles. The zero-order valence-electron chi connectivity index (χ0n) is 19.6. The molecule has 0 radical (unpaired) electrons. The largest absolute Gasteiger partial charge is 0.476 e. The topological polar surface area (TPSA) is 74.9 Å². The number of H-pyrrole nitrogens is 1. The van der Waals surface area contributed by atoms with Crippen molar-refractivity contribution in [2.45, 2.75) is 39.4 Å². The lowest BCUT2D eigenvalue weighted by molar-refractivity contribution is -0.163. The molecule has 7 heteroatoms. The number of esters is 1. The van der Waals surface area contributed by atoms with Crippen molar-refractivity contribution in [2.24, 2.45) is 0 Å². The van der Waals surface area contributed by atoms with Crippen LogP contribution < -0.4 is 9.64 Å². The van der Waals surface area contributed by atoms with Crippen molar-refractivity contribution in [1.82, 2.24) is 9.88 Å². The number of para-hydroxylation sites is 1. The number of rotatable bonds is 6. The van der Waals surface area contributed by atoms with Crippen molar-refractivity contribution in [3.63, 3.8) is 0 Å². The Kier molecular flexibility index (Phi) is 6.31. The van der Waals surface area contributed by atoms with Crippen LogP contribution in [0, 0.1) is 0 Å². The Bertz CT molecular complexity index is 1140. The van der Waals surface area contributed by atoms with Crippen LogP contribution >= 0.6 is 0 Å². The van der Waals surface area contributed by atoms with Gasteiger partial charge in [0, 0.05) is 55.0 Å². The highest BCUT2D eigenvalue weighted by Crippen LogP contribution is 2.27. The number of anilines is 1. The Morgan fingerprint density at radius 2 is 1.73 bits per heavy atom. The number of nitrogens with zero attached hydrogens (tertiary/aromatic N) is 2. The van der Waals surface area contributed by atoms with Gasteiger partial charge in [-0.2, -0.15) is 0 Å². The van der Waals surface area contributed by atoms with Gasteiger partial charge in [-0.1, -0.05) is 24.3 Å². The van der Waals surface area contributed by atoms with Crippen molar-refractivity contribution >= 4 is 28.5 Å². The van der Waals surface area contributed by atoms with Gasteiger partial charge in [-0.05, 0) is 45.9 Å². The molecule has 1 N–H and O–H groups in total. The molecule has 2 aromatic carbocycles. The minimum absolute atomic E-state index is 0.0506. The summed E-state index contributed by atoms with van der Waals surface area (Å²) < 4.78 is 11.3. The molecule has 0 saturated carbocycles. The smallest absolute Gasteiger partial charge is 0.350 e. The standard InChI is InChI=1S/C26H31N3O4/c1-18(2)32-25(31)26(3,4)33-20-9-7-8-19(16-20)28-12-14-29(15-13-28)24(30)22-17-27-23-11-6-5-10-21(22)23/h5-11,16-18,27H,12-15H2,1-4H3. The number of carbonyl (C=O) groups excluding carboxylic acids is 2. The molecule has 0 aliphatic carbocycles. The molecule has 1 aliphatic heterocycles. The van der Waals surface area contributed by atoms with Gasteiger partial charge in [0.15, 0.2) is 5.60 Å². The molecule has 4 rings (SSSR count). The minimum Gasteiger partial charge on any atom is -0.476 e. The Labute approximate surface area is 194 Å². The molecular weight excluding hydrogens is 418 g/mol. The maximum atomic E-state index is 13.1. The van der Waals surface area contributed by atoms with Gasteiger partial charge in [0.05, 0.1) is 11.7 Å². The molecule has 1 amide bonds. The van der Waals surface area contributed by atoms with E-state index < -0.39 is 11.6 Å². The molecule has 7 nitrogen and oxygen atoms in total. The van der Waals surface area contributed by atoms with E-state index in [0.29, 0.717) is 24.4 Å².